The van der Waals surface area contributed by atoms with Crippen molar-refractivity contribution in [2.45, 2.75) is 15.8 Å². The van der Waals surface area contributed by atoms with E-state index in [-0.39, 0.29) is 35.4 Å². The van der Waals surface area contributed by atoms with Gasteiger partial charge in [0.2, 0.25) is 6.41 Å². The molecule has 0 radical (unpaired) electrons. The molecule has 0 saturated carbocycles. The van der Waals surface area contributed by atoms with Gasteiger partial charge in [-0.15, -0.1) is 33.3 Å². The zero-order valence-corrected chi connectivity index (χ0v) is 21.4. The van der Waals surface area contributed by atoms with Crippen LogP contribution in [0.25, 0.3) is 0 Å². The summed E-state index contributed by atoms with van der Waals surface area (Å²) >= 11 is 5.10. The van der Waals surface area contributed by atoms with Gasteiger partial charge in [-0.05, 0) is 5.57 Å². The van der Waals surface area contributed by atoms with Crippen LogP contribution >= 0.6 is 46.2 Å². The number of carbonyl (C=O) groups is 4. The lowest BCUT2D eigenvalue weighted by Gasteiger charge is -2.49. The first-order valence-corrected chi connectivity index (χ1v) is 13.9. The fraction of sp³-hybridized carbons (Fsp3) is 0.333. The average molecular weight is 571 g/mol. The molecule has 5 N–H and O–H groups in total. The molecule has 1 saturated heterocycles. The van der Waals surface area contributed by atoms with E-state index in [1.807, 2.05) is 0 Å². The molecule has 4 rings (SSSR count). The average Bonchev–Trinajstić information content (AvgIpc) is 3.55. The van der Waals surface area contributed by atoms with Crippen LogP contribution in [0, 0.1) is 0 Å². The van der Waals surface area contributed by atoms with E-state index >= 15 is 0 Å². The van der Waals surface area contributed by atoms with Crippen molar-refractivity contribution in [3.05, 3.63) is 27.9 Å². The summed E-state index contributed by atoms with van der Waals surface area (Å²) in [5, 5.41) is 27.4. The van der Waals surface area contributed by atoms with Crippen molar-refractivity contribution in [2.24, 2.45) is 10.9 Å². The van der Waals surface area contributed by atoms with Gasteiger partial charge in [0.1, 0.15) is 34.9 Å². The molecule has 18 heteroatoms. The number of nitrogens with one attached hydrogen (secondary N) is 2. The lowest BCUT2D eigenvalue weighted by molar-refractivity contribution is -0.150. The number of hydrogen-bond acceptors (Lipinski definition) is 14. The first-order chi connectivity index (χ1) is 17.4. The maximum atomic E-state index is 13.0. The first-order valence-electron chi connectivity index (χ1n) is 10.1. The maximum Gasteiger partial charge on any atom is 0.352 e. The summed E-state index contributed by atoms with van der Waals surface area (Å²) in [6.07, 6.45) is 0.445. The second-order valence-electron chi connectivity index (χ2n) is 6.97. The molecular formula is C18H18N8O6S4. The number of aliphatic carboxylic acids is 1. The van der Waals surface area contributed by atoms with Gasteiger partial charge in [-0.25, -0.2) is 9.78 Å². The van der Waals surface area contributed by atoms with Crippen LogP contribution in [0.2, 0.25) is 0 Å². The third kappa shape index (κ3) is 5.51. The van der Waals surface area contributed by atoms with E-state index in [1.165, 1.54) is 45.1 Å². The highest BCUT2D eigenvalue weighted by atomic mass is 32.2. The predicted molar refractivity (Wildman–Crippen MR) is 134 cm³/mol. The summed E-state index contributed by atoms with van der Waals surface area (Å²) in [5.74, 6) is -1.82. The van der Waals surface area contributed by atoms with Gasteiger partial charge in [-0.3, -0.25) is 19.3 Å². The molecule has 2 aliphatic rings. The normalized spacial score (nSPS) is 19.4. The van der Waals surface area contributed by atoms with Gasteiger partial charge in [0.15, 0.2) is 15.2 Å². The number of oxime groups is 1. The summed E-state index contributed by atoms with van der Waals surface area (Å²) in [6.45, 7) is 0.200. The zero-order chi connectivity index (χ0) is 25.7. The van der Waals surface area contributed by atoms with Gasteiger partial charge >= 0.3 is 5.97 Å². The minimum atomic E-state index is -1.22. The minimum Gasteiger partial charge on any atom is -0.477 e. The lowest BCUT2D eigenvalue weighted by Crippen LogP contribution is -2.71. The van der Waals surface area contributed by atoms with Crippen molar-refractivity contribution in [1.82, 2.24) is 25.4 Å². The molecule has 36 heavy (non-hydrogen) atoms. The van der Waals surface area contributed by atoms with Crippen molar-refractivity contribution in [1.29, 1.82) is 0 Å². The summed E-state index contributed by atoms with van der Waals surface area (Å²) in [5.41, 5.74) is 7.39. The van der Waals surface area contributed by atoms with E-state index in [1.54, 1.807) is 5.51 Å². The molecule has 190 valence electrons. The van der Waals surface area contributed by atoms with Gasteiger partial charge in [0.05, 0.1) is 0 Å². The number of amides is 3. The molecule has 2 aliphatic heterocycles. The Kier molecular flexibility index (Phi) is 8.52. The highest BCUT2D eigenvalue weighted by Crippen LogP contribution is 2.41. The Balaban J connectivity index is 1.49. The highest BCUT2D eigenvalue weighted by molar-refractivity contribution is 8.01. The third-order valence-electron chi connectivity index (χ3n) is 4.76. The standard InChI is InChI=1S/C18H18N8O6S4/c19-1-2-32-25-10(9-5-34-17(22-9)20-6-27)13(28)23-11-14(29)26-12(16(30)31)8(3-33-15(11)26)4-35-18-24-21-7-36-18/h5-7,11,15H,1-4,19H2,(H,23,28)(H,30,31)(H,20,22,27)/t11?,15-/m0/s1. The molecular weight excluding hydrogens is 553 g/mol. The number of carboxylic acids is 1. The Morgan fingerprint density at radius 3 is 2.94 bits per heavy atom. The summed E-state index contributed by atoms with van der Waals surface area (Å²) in [7, 11) is 0. The predicted octanol–water partition coefficient (Wildman–Crippen LogP) is -0.227. The largest absolute Gasteiger partial charge is 0.477 e. The van der Waals surface area contributed by atoms with Gasteiger partial charge < -0.3 is 26.3 Å². The number of carbonyl (C=O) groups excluding carboxylic acids is 3. The third-order valence-corrected chi connectivity index (χ3v) is 8.82. The van der Waals surface area contributed by atoms with E-state index in [2.05, 4.69) is 31.0 Å². The number of thiazole rings is 1. The second-order valence-corrected chi connectivity index (χ2v) is 11.0. The fourth-order valence-electron chi connectivity index (χ4n) is 3.25. The van der Waals surface area contributed by atoms with Gasteiger partial charge in [-0.2, -0.15) is 0 Å². The number of anilines is 1. The molecule has 0 aromatic carbocycles. The Bertz CT molecular complexity index is 1220. The number of fused-ring (bicyclic) bond motifs is 1. The first kappa shape index (κ1) is 26.0. The maximum absolute atomic E-state index is 13.0. The Labute approximate surface area is 219 Å². The second kappa shape index (κ2) is 11.8. The Morgan fingerprint density at radius 1 is 1.42 bits per heavy atom. The number of hydrogen-bond donors (Lipinski definition) is 4. The minimum absolute atomic E-state index is 0.0413. The Morgan fingerprint density at radius 2 is 2.25 bits per heavy atom. The summed E-state index contributed by atoms with van der Waals surface area (Å²) in [6, 6.07) is -0.972. The topological polar surface area (TPSA) is 202 Å². The van der Waals surface area contributed by atoms with Crippen LogP contribution in [0.1, 0.15) is 5.69 Å². The number of rotatable bonds is 12. The van der Waals surface area contributed by atoms with Crippen LogP contribution in [0.4, 0.5) is 5.13 Å². The van der Waals surface area contributed by atoms with Crippen LogP contribution in [0.5, 0.6) is 0 Å². The number of nitrogens with two attached hydrogens (primary N) is 1. The number of nitrogens with zero attached hydrogens (tertiary/aromatic N) is 5. The molecule has 3 amide bonds. The summed E-state index contributed by atoms with van der Waals surface area (Å²) < 4.78 is 0.691. The van der Waals surface area contributed by atoms with E-state index in [0.29, 0.717) is 27.8 Å². The summed E-state index contributed by atoms with van der Waals surface area (Å²) in [4.78, 5) is 59.0. The highest BCUT2D eigenvalue weighted by Gasteiger charge is 2.54. The van der Waals surface area contributed by atoms with Crippen LogP contribution in [0.3, 0.4) is 0 Å². The SMILES string of the molecule is NCCON=C(C(=O)NC1C(=O)N2C(C(=O)O)=C(CSc3nncs3)CS[C@@H]12)c1csc(NC=O)n1. The number of thioether (sulfide) groups is 2. The van der Waals surface area contributed by atoms with Crippen molar-refractivity contribution in [2.75, 3.05) is 30.0 Å². The van der Waals surface area contributed by atoms with Crippen molar-refractivity contribution < 1.29 is 29.1 Å². The molecule has 4 heterocycles. The van der Waals surface area contributed by atoms with E-state index in [0.717, 1.165) is 11.3 Å². The van der Waals surface area contributed by atoms with Crippen molar-refractivity contribution in [3.8, 4) is 0 Å². The lowest BCUT2D eigenvalue weighted by atomic mass is 10.0. The molecule has 0 spiro atoms. The number of β-lactam (4-membered cyclic amide) rings is 1. The van der Waals surface area contributed by atoms with Gasteiger partial charge in [0, 0.05) is 23.4 Å². The van der Waals surface area contributed by atoms with Crippen LogP contribution in [0.15, 0.2) is 31.7 Å². The Hall–Kier alpha value is -3.06. The number of carboxylic acid groups (broad SMARTS) is 1. The van der Waals surface area contributed by atoms with Gasteiger partial charge in [-0.1, -0.05) is 28.3 Å². The van der Waals surface area contributed by atoms with E-state index in [4.69, 9.17) is 10.6 Å². The van der Waals surface area contributed by atoms with Crippen molar-refractivity contribution >= 4 is 81.2 Å². The molecule has 0 aliphatic carbocycles. The van der Waals surface area contributed by atoms with E-state index < -0.39 is 29.2 Å². The van der Waals surface area contributed by atoms with E-state index in [9.17, 15) is 24.3 Å². The van der Waals surface area contributed by atoms with Crippen LogP contribution in [-0.2, 0) is 24.0 Å². The van der Waals surface area contributed by atoms with Gasteiger partial charge in [0.25, 0.3) is 11.8 Å². The van der Waals surface area contributed by atoms with Crippen molar-refractivity contribution in [3.63, 3.8) is 0 Å². The van der Waals surface area contributed by atoms with Crippen LogP contribution < -0.4 is 16.4 Å². The molecule has 1 unspecified atom stereocenters. The molecule has 14 nitrogen and oxygen atoms in total. The fourth-order valence-corrected chi connectivity index (χ4v) is 6.87. The molecule has 2 atom stereocenters. The smallest absolute Gasteiger partial charge is 0.352 e. The molecule has 1 fully saturated rings. The monoisotopic (exact) mass is 570 g/mol. The van der Waals surface area contributed by atoms with Crippen LogP contribution in [-0.4, -0.2) is 91.2 Å². The quantitative estimate of drug-likeness (QED) is 0.0653. The molecule has 0 bridgehead atoms. The zero-order valence-electron chi connectivity index (χ0n) is 18.2. The molecule has 2 aromatic heterocycles. The molecule has 2 aromatic rings. The number of aromatic nitrogens is 3.